The Kier molecular flexibility index (Phi) is 4.73. The van der Waals surface area contributed by atoms with E-state index in [1.165, 1.54) is 0 Å². The van der Waals surface area contributed by atoms with Crippen LogP contribution in [0.2, 0.25) is 0 Å². The predicted molar refractivity (Wildman–Crippen MR) is 92.5 cm³/mol. The van der Waals surface area contributed by atoms with Crippen molar-refractivity contribution in [3.05, 3.63) is 33.8 Å². The molecular formula is C17H20BrN3O3. The highest BCUT2D eigenvalue weighted by Gasteiger charge is 2.37. The second kappa shape index (κ2) is 6.64. The fourth-order valence-electron chi connectivity index (χ4n) is 3.48. The summed E-state index contributed by atoms with van der Waals surface area (Å²) in [4.78, 5) is 40.2. The summed E-state index contributed by atoms with van der Waals surface area (Å²) in [6, 6.07) is 5.17. The van der Waals surface area contributed by atoms with Crippen molar-refractivity contribution in [3.63, 3.8) is 0 Å². The van der Waals surface area contributed by atoms with E-state index in [-0.39, 0.29) is 36.7 Å². The molecule has 2 N–H and O–H groups in total. The topological polar surface area (TPSA) is 83.7 Å². The van der Waals surface area contributed by atoms with Gasteiger partial charge in [0, 0.05) is 30.0 Å². The first kappa shape index (κ1) is 17.1. The fourth-order valence-corrected chi connectivity index (χ4v) is 3.84. The van der Waals surface area contributed by atoms with E-state index < -0.39 is 0 Å². The summed E-state index contributed by atoms with van der Waals surface area (Å²) < 4.78 is 0.749. The summed E-state index contributed by atoms with van der Waals surface area (Å²) in [6.45, 7) is 3.35. The van der Waals surface area contributed by atoms with Crippen LogP contribution in [0.1, 0.15) is 40.5 Å². The van der Waals surface area contributed by atoms with E-state index in [0.717, 1.165) is 15.8 Å². The van der Waals surface area contributed by atoms with E-state index in [4.69, 9.17) is 5.73 Å². The number of halogens is 1. The first-order chi connectivity index (χ1) is 11.4. The van der Waals surface area contributed by atoms with Crippen LogP contribution < -0.4 is 5.73 Å². The Morgan fingerprint density at radius 1 is 1.29 bits per heavy atom. The van der Waals surface area contributed by atoms with E-state index in [9.17, 15) is 14.4 Å². The minimum absolute atomic E-state index is 0.0313. The lowest BCUT2D eigenvalue weighted by Gasteiger charge is -2.23. The Labute approximate surface area is 149 Å². The summed E-state index contributed by atoms with van der Waals surface area (Å²) in [5.41, 5.74) is 6.47. The molecule has 1 aromatic rings. The number of nitrogens with zero attached hydrogens (tertiary/aromatic N) is 2. The third kappa shape index (κ3) is 2.98. The molecule has 0 radical (unpaired) electrons. The van der Waals surface area contributed by atoms with Crippen molar-refractivity contribution >= 4 is 33.7 Å². The van der Waals surface area contributed by atoms with Crippen molar-refractivity contribution in [2.75, 3.05) is 19.6 Å². The number of carbonyl (C=O) groups is 3. The highest BCUT2D eigenvalue weighted by molar-refractivity contribution is 9.10. The van der Waals surface area contributed by atoms with Crippen LogP contribution >= 0.6 is 15.9 Å². The first-order valence-electron chi connectivity index (χ1n) is 8.07. The molecule has 1 aromatic carbocycles. The Morgan fingerprint density at radius 3 is 2.67 bits per heavy atom. The van der Waals surface area contributed by atoms with Gasteiger partial charge < -0.3 is 10.6 Å². The molecule has 24 heavy (non-hydrogen) atoms. The molecule has 2 aliphatic heterocycles. The molecule has 0 spiro atoms. The van der Waals surface area contributed by atoms with Crippen LogP contribution in [0, 0.1) is 5.92 Å². The van der Waals surface area contributed by atoms with E-state index in [2.05, 4.69) is 15.9 Å². The van der Waals surface area contributed by atoms with Gasteiger partial charge in [-0.3, -0.25) is 19.3 Å². The summed E-state index contributed by atoms with van der Waals surface area (Å²) >= 11 is 3.31. The van der Waals surface area contributed by atoms with Crippen LogP contribution in [-0.2, 0) is 4.79 Å². The molecule has 0 saturated carbocycles. The number of likely N-dealkylation sites (tertiary alicyclic amines) is 1. The highest BCUT2D eigenvalue weighted by Crippen LogP contribution is 2.27. The predicted octanol–water partition coefficient (Wildman–Crippen LogP) is 1.63. The third-order valence-electron chi connectivity index (χ3n) is 4.80. The Morgan fingerprint density at radius 2 is 2.00 bits per heavy atom. The van der Waals surface area contributed by atoms with Crippen LogP contribution in [0.4, 0.5) is 0 Å². The summed E-state index contributed by atoms with van der Waals surface area (Å²) in [5.74, 6) is -0.361. The van der Waals surface area contributed by atoms with Crippen molar-refractivity contribution < 1.29 is 14.4 Å². The average molecular weight is 394 g/mol. The zero-order chi connectivity index (χ0) is 17.4. The molecule has 2 aliphatic rings. The van der Waals surface area contributed by atoms with Gasteiger partial charge >= 0.3 is 0 Å². The van der Waals surface area contributed by atoms with Crippen molar-refractivity contribution in [1.29, 1.82) is 0 Å². The van der Waals surface area contributed by atoms with E-state index >= 15 is 0 Å². The molecule has 3 rings (SSSR count). The van der Waals surface area contributed by atoms with Gasteiger partial charge in [0.05, 0.1) is 11.1 Å². The normalized spacial score (nSPS) is 23.1. The first-order valence-corrected chi connectivity index (χ1v) is 8.87. The second-order valence-electron chi connectivity index (χ2n) is 6.43. The molecule has 2 unspecified atom stereocenters. The number of nitrogens with two attached hydrogens (primary N) is 1. The van der Waals surface area contributed by atoms with Gasteiger partial charge in [0.15, 0.2) is 0 Å². The van der Waals surface area contributed by atoms with Gasteiger partial charge in [0.2, 0.25) is 5.91 Å². The lowest BCUT2D eigenvalue weighted by atomic mass is 10.1. The Hall–Kier alpha value is -1.73. The van der Waals surface area contributed by atoms with E-state index in [0.29, 0.717) is 30.1 Å². The zero-order valence-corrected chi connectivity index (χ0v) is 15.1. The van der Waals surface area contributed by atoms with Crippen LogP contribution in [0.25, 0.3) is 0 Å². The summed E-state index contributed by atoms with van der Waals surface area (Å²) in [6.07, 6.45) is 1.05. The molecule has 1 fully saturated rings. The zero-order valence-electron chi connectivity index (χ0n) is 13.5. The summed E-state index contributed by atoms with van der Waals surface area (Å²) in [5, 5.41) is 0. The van der Waals surface area contributed by atoms with Gasteiger partial charge in [0.1, 0.15) is 0 Å². The van der Waals surface area contributed by atoms with Crippen LogP contribution in [0.5, 0.6) is 0 Å². The maximum atomic E-state index is 12.4. The smallest absolute Gasteiger partial charge is 0.261 e. The van der Waals surface area contributed by atoms with Gasteiger partial charge in [-0.05, 0) is 44.0 Å². The molecule has 0 aromatic heterocycles. The van der Waals surface area contributed by atoms with Gasteiger partial charge in [0.25, 0.3) is 11.8 Å². The quantitative estimate of drug-likeness (QED) is 0.787. The maximum Gasteiger partial charge on any atom is 0.261 e. The number of amides is 3. The number of fused-ring (bicyclic) bond motifs is 1. The van der Waals surface area contributed by atoms with Gasteiger partial charge in [-0.2, -0.15) is 0 Å². The average Bonchev–Trinajstić information content (AvgIpc) is 3.04. The molecule has 0 bridgehead atoms. The van der Waals surface area contributed by atoms with Crippen molar-refractivity contribution in [2.45, 2.75) is 25.8 Å². The van der Waals surface area contributed by atoms with E-state index in [1.54, 1.807) is 18.2 Å². The Bertz CT molecular complexity index is 706. The molecule has 7 heteroatoms. The molecular weight excluding hydrogens is 374 g/mol. The standard InChI is InChI=1S/C17H20BrN3O3/c1-10-6-11(8-19)9-21(10)15(22)4-5-20-16(23)13-3-2-12(18)7-14(13)17(20)24/h2-3,7,10-11H,4-6,8-9,19H2,1H3. The number of imide groups is 1. The van der Waals surface area contributed by atoms with Crippen LogP contribution in [0.3, 0.4) is 0 Å². The van der Waals surface area contributed by atoms with E-state index in [1.807, 2.05) is 11.8 Å². The summed E-state index contributed by atoms with van der Waals surface area (Å²) in [7, 11) is 0. The van der Waals surface area contributed by atoms with Crippen LogP contribution in [-0.4, -0.2) is 53.2 Å². The number of carbonyl (C=O) groups excluding carboxylic acids is 3. The number of benzene rings is 1. The lowest BCUT2D eigenvalue weighted by Crippen LogP contribution is -2.38. The maximum absolute atomic E-state index is 12.4. The van der Waals surface area contributed by atoms with Crippen molar-refractivity contribution in [3.8, 4) is 0 Å². The van der Waals surface area contributed by atoms with Gasteiger partial charge in [-0.25, -0.2) is 0 Å². The highest BCUT2D eigenvalue weighted by atomic mass is 79.9. The monoisotopic (exact) mass is 393 g/mol. The lowest BCUT2D eigenvalue weighted by molar-refractivity contribution is -0.131. The van der Waals surface area contributed by atoms with Crippen molar-refractivity contribution in [1.82, 2.24) is 9.80 Å². The number of rotatable bonds is 4. The molecule has 128 valence electrons. The van der Waals surface area contributed by atoms with Gasteiger partial charge in [-0.1, -0.05) is 15.9 Å². The molecule has 0 aliphatic carbocycles. The SMILES string of the molecule is CC1CC(CN)CN1C(=O)CCN1C(=O)c2ccc(Br)cc2C1=O. The molecule has 2 heterocycles. The molecule has 2 atom stereocenters. The minimum Gasteiger partial charge on any atom is -0.340 e. The Balaban J connectivity index is 1.65. The third-order valence-corrected chi connectivity index (χ3v) is 5.29. The second-order valence-corrected chi connectivity index (χ2v) is 7.35. The number of hydrogen-bond donors (Lipinski definition) is 1. The largest absolute Gasteiger partial charge is 0.340 e. The fraction of sp³-hybridized carbons (Fsp3) is 0.471. The van der Waals surface area contributed by atoms with Gasteiger partial charge in [-0.15, -0.1) is 0 Å². The van der Waals surface area contributed by atoms with Crippen molar-refractivity contribution in [2.24, 2.45) is 11.7 Å². The molecule has 1 saturated heterocycles. The minimum atomic E-state index is -0.335. The van der Waals surface area contributed by atoms with Crippen LogP contribution in [0.15, 0.2) is 22.7 Å². The molecule has 6 nitrogen and oxygen atoms in total. The molecule has 3 amide bonds. The number of hydrogen-bond acceptors (Lipinski definition) is 4.